The van der Waals surface area contributed by atoms with Gasteiger partial charge in [0.25, 0.3) is 0 Å². The molecule has 1 atom stereocenters. The van der Waals surface area contributed by atoms with E-state index in [2.05, 4.69) is 5.32 Å². The van der Waals surface area contributed by atoms with Crippen LogP contribution in [0.1, 0.15) is 19.3 Å². The van der Waals surface area contributed by atoms with Crippen LogP contribution in [0.15, 0.2) is 0 Å². The Labute approximate surface area is 85.6 Å². The van der Waals surface area contributed by atoms with Gasteiger partial charge in [-0.2, -0.15) is 0 Å². The molecule has 0 spiro atoms. The minimum atomic E-state index is -0.242. The van der Waals surface area contributed by atoms with Crippen molar-refractivity contribution < 1.29 is 9.53 Å². The highest BCUT2D eigenvalue weighted by atomic mass is 16.6. The Balaban J connectivity index is 2.05. The molecule has 1 amide bonds. The Morgan fingerprint density at radius 2 is 2.36 bits per heavy atom. The van der Waals surface area contributed by atoms with Crippen LogP contribution in [0.25, 0.3) is 0 Å². The van der Waals surface area contributed by atoms with Crippen LogP contribution in [0.4, 0.5) is 4.79 Å². The van der Waals surface area contributed by atoms with Crippen molar-refractivity contribution in [3.05, 3.63) is 0 Å². The highest BCUT2D eigenvalue weighted by Crippen LogP contribution is 2.13. The molecule has 1 aliphatic rings. The zero-order valence-electron chi connectivity index (χ0n) is 9.08. The van der Waals surface area contributed by atoms with Gasteiger partial charge in [0.1, 0.15) is 0 Å². The number of hydrogen-bond acceptors (Lipinski definition) is 3. The van der Waals surface area contributed by atoms with Crippen LogP contribution in [0.2, 0.25) is 0 Å². The molecule has 0 radical (unpaired) electrons. The maximum absolute atomic E-state index is 11.1. The van der Waals surface area contributed by atoms with E-state index in [-0.39, 0.29) is 6.09 Å². The quantitative estimate of drug-likeness (QED) is 0.741. The van der Waals surface area contributed by atoms with Gasteiger partial charge < -0.3 is 15.0 Å². The van der Waals surface area contributed by atoms with Crippen LogP contribution >= 0.6 is 0 Å². The molecule has 1 N–H and O–H groups in total. The van der Waals surface area contributed by atoms with Gasteiger partial charge in [-0.3, -0.25) is 0 Å². The summed E-state index contributed by atoms with van der Waals surface area (Å²) in [6, 6.07) is 0. The highest BCUT2D eigenvalue weighted by Gasteiger charge is 2.13. The van der Waals surface area contributed by atoms with Crippen molar-refractivity contribution in [1.29, 1.82) is 0 Å². The number of carbonyl (C=O) groups is 1. The third-order valence-electron chi connectivity index (χ3n) is 2.52. The van der Waals surface area contributed by atoms with Crippen LogP contribution in [0.5, 0.6) is 0 Å². The van der Waals surface area contributed by atoms with Crippen LogP contribution in [-0.4, -0.2) is 44.8 Å². The van der Waals surface area contributed by atoms with E-state index in [0.29, 0.717) is 12.5 Å². The summed E-state index contributed by atoms with van der Waals surface area (Å²) in [4.78, 5) is 12.5. The number of nitrogens with zero attached hydrogens (tertiary/aromatic N) is 1. The third kappa shape index (κ3) is 3.96. The van der Waals surface area contributed by atoms with Gasteiger partial charge in [0, 0.05) is 14.1 Å². The molecule has 4 nitrogen and oxygen atoms in total. The molecule has 0 aliphatic carbocycles. The Morgan fingerprint density at radius 1 is 1.57 bits per heavy atom. The average Bonchev–Trinajstić information content (AvgIpc) is 2.19. The number of ether oxygens (including phenoxy) is 1. The summed E-state index contributed by atoms with van der Waals surface area (Å²) in [5.74, 6) is 0.679. The van der Waals surface area contributed by atoms with Crippen molar-refractivity contribution in [2.45, 2.75) is 19.3 Å². The van der Waals surface area contributed by atoms with E-state index in [1.54, 1.807) is 14.1 Å². The Morgan fingerprint density at radius 3 is 2.93 bits per heavy atom. The van der Waals surface area contributed by atoms with E-state index in [4.69, 9.17) is 4.74 Å². The first-order chi connectivity index (χ1) is 6.70. The third-order valence-corrected chi connectivity index (χ3v) is 2.52. The number of nitrogens with one attached hydrogen (secondary N) is 1. The standard InChI is InChI=1S/C10H20N2O2/c1-12(2)10(13)14-7-5-9-4-3-6-11-8-9/h9,11H,3-8H2,1-2H3. The maximum atomic E-state index is 11.1. The topological polar surface area (TPSA) is 41.6 Å². The molecule has 1 unspecified atom stereocenters. The predicted molar refractivity (Wildman–Crippen MR) is 55.2 cm³/mol. The van der Waals surface area contributed by atoms with Gasteiger partial charge in [0.05, 0.1) is 6.61 Å². The molecular weight excluding hydrogens is 180 g/mol. The van der Waals surface area contributed by atoms with Crippen LogP contribution in [0, 0.1) is 5.92 Å². The lowest BCUT2D eigenvalue weighted by Gasteiger charge is -2.22. The second-order valence-electron chi connectivity index (χ2n) is 4.01. The lowest BCUT2D eigenvalue weighted by molar-refractivity contribution is 0.110. The maximum Gasteiger partial charge on any atom is 0.409 e. The van der Waals surface area contributed by atoms with Gasteiger partial charge in [-0.25, -0.2) is 4.79 Å². The number of piperidine rings is 1. The summed E-state index contributed by atoms with van der Waals surface area (Å²) < 4.78 is 5.07. The number of rotatable bonds is 3. The molecule has 4 heteroatoms. The Hall–Kier alpha value is -0.770. The first-order valence-corrected chi connectivity index (χ1v) is 5.25. The molecule has 0 saturated carbocycles. The second kappa shape index (κ2) is 5.86. The number of amides is 1. The molecular formula is C10H20N2O2. The number of hydrogen-bond donors (Lipinski definition) is 1. The zero-order valence-corrected chi connectivity index (χ0v) is 9.08. The monoisotopic (exact) mass is 200 g/mol. The van der Waals surface area contributed by atoms with Crippen molar-refractivity contribution in [3.8, 4) is 0 Å². The van der Waals surface area contributed by atoms with E-state index in [0.717, 1.165) is 19.5 Å². The largest absolute Gasteiger partial charge is 0.449 e. The van der Waals surface area contributed by atoms with Gasteiger partial charge in [0.15, 0.2) is 0 Å². The Bertz CT molecular complexity index is 177. The normalized spacial score (nSPS) is 21.7. The van der Waals surface area contributed by atoms with Crippen LogP contribution < -0.4 is 5.32 Å². The highest BCUT2D eigenvalue weighted by molar-refractivity contribution is 5.66. The molecule has 0 aromatic rings. The van der Waals surface area contributed by atoms with Gasteiger partial charge >= 0.3 is 6.09 Å². The SMILES string of the molecule is CN(C)C(=O)OCCC1CCCNC1. The number of carbonyl (C=O) groups excluding carboxylic acids is 1. The molecule has 0 aromatic carbocycles. The summed E-state index contributed by atoms with van der Waals surface area (Å²) >= 11 is 0. The van der Waals surface area contributed by atoms with Crippen molar-refractivity contribution in [3.63, 3.8) is 0 Å². The molecule has 0 aromatic heterocycles. The van der Waals surface area contributed by atoms with E-state index in [9.17, 15) is 4.79 Å². The molecule has 1 fully saturated rings. The van der Waals surface area contributed by atoms with E-state index < -0.39 is 0 Å². The van der Waals surface area contributed by atoms with E-state index in [1.165, 1.54) is 17.7 Å². The van der Waals surface area contributed by atoms with Gasteiger partial charge in [-0.05, 0) is 38.3 Å². The summed E-state index contributed by atoms with van der Waals surface area (Å²) in [7, 11) is 3.40. The molecule has 1 aliphatic heterocycles. The molecule has 1 rings (SSSR count). The lowest BCUT2D eigenvalue weighted by atomic mass is 9.97. The molecule has 1 heterocycles. The smallest absolute Gasteiger partial charge is 0.409 e. The average molecular weight is 200 g/mol. The summed E-state index contributed by atoms with van der Waals surface area (Å²) in [5, 5.41) is 3.34. The molecule has 1 saturated heterocycles. The van der Waals surface area contributed by atoms with Gasteiger partial charge in [-0.1, -0.05) is 0 Å². The summed E-state index contributed by atoms with van der Waals surface area (Å²) in [5.41, 5.74) is 0. The van der Waals surface area contributed by atoms with Crippen molar-refractivity contribution >= 4 is 6.09 Å². The zero-order chi connectivity index (χ0) is 10.4. The van der Waals surface area contributed by atoms with Crippen molar-refractivity contribution in [1.82, 2.24) is 10.2 Å². The van der Waals surface area contributed by atoms with Gasteiger partial charge in [-0.15, -0.1) is 0 Å². The molecule has 14 heavy (non-hydrogen) atoms. The molecule has 0 bridgehead atoms. The minimum Gasteiger partial charge on any atom is -0.449 e. The summed E-state index contributed by atoms with van der Waals surface area (Å²) in [6.07, 6.45) is 3.24. The fourth-order valence-corrected chi connectivity index (χ4v) is 1.61. The fraction of sp³-hybridized carbons (Fsp3) is 0.900. The van der Waals surface area contributed by atoms with E-state index >= 15 is 0 Å². The van der Waals surface area contributed by atoms with Crippen molar-refractivity contribution in [2.24, 2.45) is 5.92 Å². The fourth-order valence-electron chi connectivity index (χ4n) is 1.61. The first-order valence-electron chi connectivity index (χ1n) is 5.25. The van der Waals surface area contributed by atoms with Gasteiger partial charge in [0.2, 0.25) is 0 Å². The lowest BCUT2D eigenvalue weighted by Crippen LogP contribution is -2.31. The van der Waals surface area contributed by atoms with E-state index in [1.807, 2.05) is 0 Å². The van der Waals surface area contributed by atoms with Crippen LogP contribution in [0.3, 0.4) is 0 Å². The first kappa shape index (κ1) is 11.3. The molecule has 82 valence electrons. The summed E-state index contributed by atoms with van der Waals surface area (Å²) in [6.45, 7) is 2.75. The van der Waals surface area contributed by atoms with Crippen molar-refractivity contribution in [2.75, 3.05) is 33.8 Å². The van der Waals surface area contributed by atoms with Crippen LogP contribution in [-0.2, 0) is 4.74 Å². The predicted octanol–water partition coefficient (Wildman–Crippen LogP) is 1.07. The second-order valence-corrected chi connectivity index (χ2v) is 4.01. The Kier molecular flexibility index (Phi) is 4.73. The minimum absolute atomic E-state index is 0.242.